The topological polar surface area (TPSA) is 64.1 Å². The molecule has 1 aromatic heterocycles. The molecule has 5 nitrogen and oxygen atoms in total. The summed E-state index contributed by atoms with van der Waals surface area (Å²) in [7, 11) is 0. The first-order valence-corrected chi connectivity index (χ1v) is 9.04. The SMILES string of the molecule is CCOc1ccc(-c2cccc(NC(=O)Cc3ccc(Br)cc3)c2)nn1. The van der Waals surface area contributed by atoms with E-state index >= 15 is 0 Å². The van der Waals surface area contributed by atoms with Crippen LogP contribution in [-0.2, 0) is 11.2 Å². The fourth-order valence-electron chi connectivity index (χ4n) is 2.45. The third-order valence-corrected chi connectivity index (χ3v) is 4.18. The van der Waals surface area contributed by atoms with Crippen molar-refractivity contribution in [2.45, 2.75) is 13.3 Å². The molecule has 3 aromatic rings. The van der Waals surface area contributed by atoms with Gasteiger partial charge >= 0.3 is 0 Å². The Morgan fingerprint density at radius 2 is 1.88 bits per heavy atom. The molecule has 0 aliphatic heterocycles. The number of hydrogen-bond acceptors (Lipinski definition) is 4. The Balaban J connectivity index is 1.68. The molecule has 1 amide bonds. The number of amides is 1. The first-order chi connectivity index (χ1) is 12.6. The fourth-order valence-corrected chi connectivity index (χ4v) is 2.71. The zero-order chi connectivity index (χ0) is 18.4. The molecule has 0 spiro atoms. The summed E-state index contributed by atoms with van der Waals surface area (Å²) in [5.41, 5.74) is 3.28. The molecular formula is C20H18BrN3O2. The van der Waals surface area contributed by atoms with Crippen molar-refractivity contribution in [3.05, 3.63) is 70.7 Å². The molecule has 0 aliphatic rings. The van der Waals surface area contributed by atoms with Crippen molar-refractivity contribution in [2.24, 2.45) is 0 Å². The maximum absolute atomic E-state index is 12.3. The molecule has 132 valence electrons. The number of halogens is 1. The Bertz CT molecular complexity index is 880. The zero-order valence-corrected chi connectivity index (χ0v) is 15.9. The van der Waals surface area contributed by atoms with E-state index in [1.54, 1.807) is 6.07 Å². The van der Waals surface area contributed by atoms with Gasteiger partial charge in [0.25, 0.3) is 0 Å². The first kappa shape index (κ1) is 18.1. The summed E-state index contributed by atoms with van der Waals surface area (Å²) in [6.45, 7) is 2.45. The molecule has 0 saturated heterocycles. The van der Waals surface area contributed by atoms with Gasteiger partial charge in [0.1, 0.15) is 0 Å². The van der Waals surface area contributed by atoms with Crippen LogP contribution in [0.15, 0.2) is 65.1 Å². The fraction of sp³-hybridized carbons (Fsp3) is 0.150. The van der Waals surface area contributed by atoms with Crippen molar-refractivity contribution in [3.63, 3.8) is 0 Å². The molecule has 6 heteroatoms. The van der Waals surface area contributed by atoms with Crippen LogP contribution >= 0.6 is 15.9 Å². The van der Waals surface area contributed by atoms with Crippen molar-refractivity contribution in [1.82, 2.24) is 10.2 Å². The summed E-state index contributed by atoms with van der Waals surface area (Å²) in [5, 5.41) is 11.1. The highest BCUT2D eigenvalue weighted by atomic mass is 79.9. The lowest BCUT2D eigenvalue weighted by Gasteiger charge is -2.08. The van der Waals surface area contributed by atoms with Crippen LogP contribution in [-0.4, -0.2) is 22.7 Å². The van der Waals surface area contributed by atoms with Gasteiger partial charge in [-0.15, -0.1) is 10.2 Å². The van der Waals surface area contributed by atoms with Gasteiger partial charge in [-0.05, 0) is 42.8 Å². The molecule has 0 bridgehead atoms. The highest BCUT2D eigenvalue weighted by Crippen LogP contribution is 2.21. The molecule has 0 aliphatic carbocycles. The van der Waals surface area contributed by atoms with E-state index in [4.69, 9.17) is 4.74 Å². The second-order valence-electron chi connectivity index (χ2n) is 5.62. The second-order valence-corrected chi connectivity index (χ2v) is 6.54. The number of ether oxygens (including phenoxy) is 1. The Kier molecular flexibility index (Phi) is 5.96. The van der Waals surface area contributed by atoms with Gasteiger partial charge in [0.15, 0.2) is 0 Å². The van der Waals surface area contributed by atoms with Gasteiger partial charge in [0.05, 0.1) is 18.7 Å². The number of nitrogens with one attached hydrogen (secondary N) is 1. The van der Waals surface area contributed by atoms with E-state index in [-0.39, 0.29) is 5.91 Å². The number of anilines is 1. The van der Waals surface area contributed by atoms with Crippen LogP contribution in [0.5, 0.6) is 5.88 Å². The van der Waals surface area contributed by atoms with E-state index < -0.39 is 0 Å². The maximum Gasteiger partial charge on any atom is 0.233 e. The Labute approximate surface area is 160 Å². The van der Waals surface area contributed by atoms with Crippen molar-refractivity contribution >= 4 is 27.5 Å². The van der Waals surface area contributed by atoms with E-state index in [9.17, 15) is 4.79 Å². The largest absolute Gasteiger partial charge is 0.477 e. The van der Waals surface area contributed by atoms with Crippen LogP contribution in [0.25, 0.3) is 11.3 Å². The lowest BCUT2D eigenvalue weighted by Crippen LogP contribution is -2.14. The first-order valence-electron chi connectivity index (χ1n) is 8.25. The molecule has 0 unspecified atom stereocenters. The molecule has 1 heterocycles. The Hall–Kier alpha value is -2.73. The van der Waals surface area contributed by atoms with Crippen LogP contribution < -0.4 is 10.1 Å². The molecule has 0 saturated carbocycles. The average Bonchev–Trinajstić information content (AvgIpc) is 2.65. The van der Waals surface area contributed by atoms with Crippen molar-refractivity contribution < 1.29 is 9.53 Å². The minimum absolute atomic E-state index is 0.0674. The molecule has 1 N–H and O–H groups in total. The summed E-state index contributed by atoms with van der Waals surface area (Å²) in [6.07, 6.45) is 0.320. The van der Waals surface area contributed by atoms with Crippen LogP contribution in [0.2, 0.25) is 0 Å². The lowest BCUT2D eigenvalue weighted by atomic mass is 10.1. The van der Waals surface area contributed by atoms with E-state index in [2.05, 4.69) is 31.4 Å². The highest BCUT2D eigenvalue weighted by Gasteiger charge is 2.07. The van der Waals surface area contributed by atoms with Gasteiger partial charge in [0, 0.05) is 21.8 Å². The third-order valence-electron chi connectivity index (χ3n) is 3.65. The number of nitrogens with zero attached hydrogens (tertiary/aromatic N) is 2. The molecule has 0 atom stereocenters. The van der Waals surface area contributed by atoms with E-state index in [0.29, 0.717) is 18.9 Å². The van der Waals surface area contributed by atoms with Crippen LogP contribution in [0.1, 0.15) is 12.5 Å². The van der Waals surface area contributed by atoms with Crippen molar-refractivity contribution in [3.8, 4) is 17.1 Å². The van der Waals surface area contributed by atoms with Gasteiger partial charge in [-0.2, -0.15) is 0 Å². The Morgan fingerprint density at radius 1 is 1.08 bits per heavy atom. The van der Waals surface area contributed by atoms with E-state index in [0.717, 1.165) is 27.0 Å². The van der Waals surface area contributed by atoms with Gasteiger partial charge in [-0.3, -0.25) is 4.79 Å². The van der Waals surface area contributed by atoms with Crippen LogP contribution in [0.3, 0.4) is 0 Å². The standard InChI is InChI=1S/C20H18BrN3O2/c1-2-26-20-11-10-18(23-24-20)15-4-3-5-17(13-15)22-19(25)12-14-6-8-16(21)9-7-14/h3-11,13H,2,12H2,1H3,(H,22,25). The molecule has 0 radical (unpaired) electrons. The number of hydrogen-bond donors (Lipinski definition) is 1. The van der Waals surface area contributed by atoms with Crippen LogP contribution in [0, 0.1) is 0 Å². The Morgan fingerprint density at radius 3 is 2.58 bits per heavy atom. The average molecular weight is 412 g/mol. The van der Waals surface area contributed by atoms with Gasteiger partial charge in [-0.1, -0.05) is 40.2 Å². The minimum atomic E-state index is -0.0674. The number of benzene rings is 2. The molecular weight excluding hydrogens is 394 g/mol. The summed E-state index contributed by atoms with van der Waals surface area (Å²) in [6, 6.07) is 18.9. The second kappa shape index (κ2) is 8.58. The van der Waals surface area contributed by atoms with E-state index in [1.807, 2.05) is 61.5 Å². The zero-order valence-electron chi connectivity index (χ0n) is 14.3. The van der Waals surface area contributed by atoms with Crippen LogP contribution in [0.4, 0.5) is 5.69 Å². The highest BCUT2D eigenvalue weighted by molar-refractivity contribution is 9.10. The quantitative estimate of drug-likeness (QED) is 0.648. The maximum atomic E-state index is 12.3. The normalized spacial score (nSPS) is 10.4. The predicted molar refractivity (Wildman–Crippen MR) is 105 cm³/mol. The molecule has 26 heavy (non-hydrogen) atoms. The summed E-state index contributed by atoms with van der Waals surface area (Å²) in [4.78, 5) is 12.3. The minimum Gasteiger partial charge on any atom is -0.477 e. The third kappa shape index (κ3) is 4.89. The summed E-state index contributed by atoms with van der Waals surface area (Å²) in [5.74, 6) is 0.428. The van der Waals surface area contributed by atoms with Gasteiger partial charge in [0.2, 0.25) is 11.8 Å². The molecule has 2 aromatic carbocycles. The van der Waals surface area contributed by atoms with Gasteiger partial charge < -0.3 is 10.1 Å². The number of rotatable bonds is 6. The molecule has 3 rings (SSSR count). The summed E-state index contributed by atoms with van der Waals surface area (Å²) >= 11 is 3.39. The monoisotopic (exact) mass is 411 g/mol. The number of carbonyl (C=O) groups excluding carboxylic acids is 1. The summed E-state index contributed by atoms with van der Waals surface area (Å²) < 4.78 is 6.29. The lowest BCUT2D eigenvalue weighted by molar-refractivity contribution is -0.115. The molecule has 0 fully saturated rings. The smallest absolute Gasteiger partial charge is 0.233 e. The van der Waals surface area contributed by atoms with Gasteiger partial charge in [-0.25, -0.2) is 0 Å². The van der Waals surface area contributed by atoms with E-state index in [1.165, 1.54) is 0 Å². The van der Waals surface area contributed by atoms with Crippen molar-refractivity contribution in [1.29, 1.82) is 0 Å². The van der Waals surface area contributed by atoms with Crippen molar-refractivity contribution in [2.75, 3.05) is 11.9 Å². The number of carbonyl (C=O) groups is 1. The predicted octanol–water partition coefficient (Wildman–Crippen LogP) is 4.49. The number of aromatic nitrogens is 2.